The summed E-state index contributed by atoms with van der Waals surface area (Å²) in [4.78, 5) is 35.6. The van der Waals surface area contributed by atoms with Gasteiger partial charge in [0.05, 0.1) is 0 Å². The first-order chi connectivity index (χ1) is 6.86. The van der Waals surface area contributed by atoms with E-state index in [1.807, 2.05) is 0 Å². The molecule has 0 unspecified atom stereocenters. The van der Waals surface area contributed by atoms with Crippen molar-refractivity contribution < 1.29 is 9.90 Å². The van der Waals surface area contributed by atoms with Crippen LogP contribution in [0.5, 0.6) is 0 Å². The van der Waals surface area contributed by atoms with Crippen LogP contribution >= 0.6 is 22.6 Å². The fourth-order valence-electron chi connectivity index (χ4n) is 1.22. The SMILES string of the molecule is CC(C)n1c(C(=O)O)c(I)c(=O)[nH]c1=O. The summed E-state index contributed by atoms with van der Waals surface area (Å²) in [6.07, 6.45) is 0. The molecule has 1 aromatic rings. The Morgan fingerprint density at radius 2 is 2.00 bits per heavy atom. The zero-order chi connectivity index (χ0) is 11.7. The van der Waals surface area contributed by atoms with Gasteiger partial charge in [-0.25, -0.2) is 9.59 Å². The number of hydrogen-bond donors (Lipinski definition) is 2. The summed E-state index contributed by atoms with van der Waals surface area (Å²) in [5, 5.41) is 8.93. The van der Waals surface area contributed by atoms with E-state index in [4.69, 9.17) is 5.11 Å². The van der Waals surface area contributed by atoms with Crippen molar-refractivity contribution in [2.45, 2.75) is 19.9 Å². The van der Waals surface area contributed by atoms with E-state index in [9.17, 15) is 14.4 Å². The lowest BCUT2D eigenvalue weighted by Gasteiger charge is -2.13. The molecular weight excluding hydrogens is 315 g/mol. The number of carboxylic acids is 1. The minimum atomic E-state index is -1.28. The van der Waals surface area contributed by atoms with Crippen molar-refractivity contribution in [1.29, 1.82) is 0 Å². The number of aromatic carboxylic acids is 1. The normalized spacial score (nSPS) is 10.7. The number of nitrogens with one attached hydrogen (secondary N) is 1. The quantitative estimate of drug-likeness (QED) is 0.771. The number of nitrogens with zero attached hydrogens (tertiary/aromatic N) is 1. The van der Waals surface area contributed by atoms with Gasteiger partial charge in [0.15, 0.2) is 5.69 Å². The Balaban J connectivity index is 3.78. The molecule has 0 bridgehead atoms. The Bertz CT molecular complexity index is 514. The molecule has 0 aromatic carbocycles. The van der Waals surface area contributed by atoms with Crippen LogP contribution in [0.1, 0.15) is 30.4 Å². The number of halogens is 1. The Kier molecular flexibility index (Phi) is 3.32. The van der Waals surface area contributed by atoms with Crippen molar-refractivity contribution in [2.24, 2.45) is 0 Å². The summed E-state index contributed by atoms with van der Waals surface area (Å²) in [5.74, 6) is -1.28. The molecule has 0 saturated carbocycles. The Hall–Kier alpha value is -1.12. The molecule has 0 radical (unpaired) electrons. The van der Waals surface area contributed by atoms with Crippen molar-refractivity contribution in [3.8, 4) is 0 Å². The van der Waals surface area contributed by atoms with Crippen molar-refractivity contribution in [1.82, 2.24) is 9.55 Å². The molecule has 82 valence electrons. The molecule has 1 heterocycles. The zero-order valence-corrected chi connectivity index (χ0v) is 10.2. The maximum Gasteiger partial charge on any atom is 0.354 e. The molecule has 1 rings (SSSR count). The second-order valence-corrected chi connectivity index (χ2v) is 4.27. The summed E-state index contributed by atoms with van der Waals surface area (Å²) in [6, 6.07) is -0.325. The Morgan fingerprint density at radius 1 is 1.47 bits per heavy atom. The molecule has 15 heavy (non-hydrogen) atoms. The lowest BCUT2D eigenvalue weighted by Crippen LogP contribution is -2.37. The fourth-order valence-corrected chi connectivity index (χ4v) is 1.84. The minimum Gasteiger partial charge on any atom is -0.477 e. The number of hydrogen-bond acceptors (Lipinski definition) is 3. The molecule has 0 amide bonds. The van der Waals surface area contributed by atoms with Gasteiger partial charge in [0.1, 0.15) is 3.57 Å². The molecule has 0 saturated heterocycles. The van der Waals surface area contributed by atoms with Crippen molar-refractivity contribution in [2.75, 3.05) is 0 Å². The van der Waals surface area contributed by atoms with E-state index in [1.54, 1.807) is 36.4 Å². The fraction of sp³-hybridized carbons (Fsp3) is 0.375. The molecule has 1 aromatic heterocycles. The van der Waals surface area contributed by atoms with Crippen molar-refractivity contribution >= 4 is 28.6 Å². The average molecular weight is 324 g/mol. The second-order valence-electron chi connectivity index (χ2n) is 3.19. The summed E-state index contributed by atoms with van der Waals surface area (Å²) >= 11 is 1.61. The lowest BCUT2D eigenvalue weighted by atomic mass is 10.3. The first-order valence-electron chi connectivity index (χ1n) is 4.14. The second kappa shape index (κ2) is 4.17. The zero-order valence-electron chi connectivity index (χ0n) is 8.07. The number of carboxylic acid groups (broad SMARTS) is 1. The van der Waals surface area contributed by atoms with E-state index in [0.29, 0.717) is 0 Å². The number of rotatable bonds is 2. The molecule has 0 aliphatic heterocycles. The first-order valence-corrected chi connectivity index (χ1v) is 5.21. The maximum absolute atomic E-state index is 11.4. The highest BCUT2D eigenvalue weighted by molar-refractivity contribution is 14.1. The molecule has 6 nitrogen and oxygen atoms in total. The van der Waals surface area contributed by atoms with Gasteiger partial charge in [-0.2, -0.15) is 0 Å². The van der Waals surface area contributed by atoms with Gasteiger partial charge in [-0.1, -0.05) is 0 Å². The van der Waals surface area contributed by atoms with Gasteiger partial charge in [-0.3, -0.25) is 14.3 Å². The Labute approximate surface area is 98.1 Å². The number of aromatic nitrogens is 2. The van der Waals surface area contributed by atoms with Gasteiger partial charge in [-0.05, 0) is 36.4 Å². The molecule has 0 spiro atoms. The van der Waals surface area contributed by atoms with E-state index in [1.165, 1.54) is 0 Å². The summed E-state index contributed by atoms with van der Waals surface area (Å²) in [7, 11) is 0. The minimum absolute atomic E-state index is 0.00778. The van der Waals surface area contributed by atoms with Crippen LogP contribution in [0.25, 0.3) is 0 Å². The van der Waals surface area contributed by atoms with E-state index in [2.05, 4.69) is 4.98 Å². The predicted molar refractivity (Wildman–Crippen MR) is 61.4 cm³/mol. The van der Waals surface area contributed by atoms with Crippen LogP contribution in [0.4, 0.5) is 0 Å². The highest BCUT2D eigenvalue weighted by Gasteiger charge is 2.20. The predicted octanol–water partition coefficient (Wildman–Crippen LogP) is 0.420. The van der Waals surface area contributed by atoms with Gasteiger partial charge in [0, 0.05) is 6.04 Å². The molecule has 0 aliphatic carbocycles. The summed E-state index contributed by atoms with van der Waals surface area (Å²) in [6.45, 7) is 3.34. The largest absolute Gasteiger partial charge is 0.477 e. The number of aromatic amines is 1. The maximum atomic E-state index is 11.4. The van der Waals surface area contributed by atoms with Crippen LogP contribution in [-0.4, -0.2) is 20.6 Å². The molecule has 0 atom stereocenters. The van der Waals surface area contributed by atoms with Gasteiger partial charge in [0.2, 0.25) is 0 Å². The number of H-pyrrole nitrogens is 1. The first kappa shape index (κ1) is 12.0. The summed E-state index contributed by atoms with van der Waals surface area (Å²) < 4.78 is 1.05. The van der Waals surface area contributed by atoms with E-state index < -0.39 is 17.2 Å². The lowest BCUT2D eigenvalue weighted by molar-refractivity contribution is 0.0679. The van der Waals surface area contributed by atoms with Gasteiger partial charge >= 0.3 is 11.7 Å². The van der Waals surface area contributed by atoms with Gasteiger partial charge < -0.3 is 5.11 Å². The molecule has 0 aliphatic rings. The van der Waals surface area contributed by atoms with Crippen LogP contribution in [0.15, 0.2) is 9.59 Å². The highest BCUT2D eigenvalue weighted by atomic mass is 127. The molecule has 7 heteroatoms. The number of carbonyl (C=O) groups is 1. The van der Waals surface area contributed by atoms with Crippen LogP contribution < -0.4 is 11.2 Å². The molecule has 2 N–H and O–H groups in total. The van der Waals surface area contributed by atoms with Crippen molar-refractivity contribution in [3.05, 3.63) is 30.1 Å². The van der Waals surface area contributed by atoms with Gasteiger partial charge in [-0.15, -0.1) is 0 Å². The van der Waals surface area contributed by atoms with Crippen LogP contribution in [0.2, 0.25) is 0 Å². The monoisotopic (exact) mass is 324 g/mol. The van der Waals surface area contributed by atoms with Crippen LogP contribution in [0, 0.1) is 3.57 Å². The van der Waals surface area contributed by atoms with Crippen molar-refractivity contribution in [3.63, 3.8) is 0 Å². The van der Waals surface area contributed by atoms with Crippen LogP contribution in [-0.2, 0) is 0 Å². The Morgan fingerprint density at radius 3 is 2.40 bits per heavy atom. The molecular formula is C8H9IN2O4. The van der Waals surface area contributed by atoms with E-state index in [0.717, 1.165) is 4.57 Å². The smallest absolute Gasteiger partial charge is 0.354 e. The summed E-state index contributed by atoms with van der Waals surface area (Å²) in [5.41, 5.74) is -1.64. The van der Waals surface area contributed by atoms with E-state index >= 15 is 0 Å². The third-order valence-corrected chi connectivity index (χ3v) is 2.81. The third-order valence-electron chi connectivity index (χ3n) is 1.81. The topological polar surface area (TPSA) is 92.2 Å². The highest BCUT2D eigenvalue weighted by Crippen LogP contribution is 2.10. The van der Waals surface area contributed by atoms with Gasteiger partial charge in [0.25, 0.3) is 5.56 Å². The van der Waals surface area contributed by atoms with E-state index in [-0.39, 0.29) is 15.3 Å². The average Bonchev–Trinajstić information content (AvgIpc) is 2.09. The third kappa shape index (κ3) is 2.11. The molecule has 0 fully saturated rings. The standard InChI is InChI=1S/C8H9IN2O4/c1-3(2)11-5(7(13)14)4(9)6(12)10-8(11)15/h3H,1-2H3,(H,13,14)(H,10,12,15). The van der Waals surface area contributed by atoms with Crippen LogP contribution in [0.3, 0.4) is 0 Å².